The number of carbonyl (C=O) groups excluding carboxylic acids is 1. The summed E-state index contributed by atoms with van der Waals surface area (Å²) in [4.78, 5) is 17.5. The Labute approximate surface area is 175 Å². The van der Waals surface area contributed by atoms with Crippen molar-refractivity contribution in [3.63, 3.8) is 0 Å². The van der Waals surface area contributed by atoms with Crippen molar-refractivity contribution >= 4 is 5.91 Å². The molecule has 1 aromatic carbocycles. The minimum Gasteiger partial charge on any atom is -0.361 e. The van der Waals surface area contributed by atoms with E-state index in [0.717, 1.165) is 25.5 Å². The summed E-state index contributed by atoms with van der Waals surface area (Å²) < 4.78 is 7.22. The first kappa shape index (κ1) is 19.0. The van der Waals surface area contributed by atoms with Crippen LogP contribution in [0, 0.1) is 19.3 Å². The van der Waals surface area contributed by atoms with E-state index in [2.05, 4.69) is 44.5 Å². The Morgan fingerprint density at radius 1 is 1.20 bits per heavy atom. The van der Waals surface area contributed by atoms with E-state index in [1.165, 1.54) is 5.56 Å². The molecular formula is C22H26N6O2. The van der Waals surface area contributed by atoms with Crippen LogP contribution in [0.1, 0.15) is 39.1 Å². The Bertz CT molecular complexity index is 1050. The zero-order valence-corrected chi connectivity index (χ0v) is 17.6. The highest BCUT2D eigenvalue weighted by Crippen LogP contribution is 2.49. The number of hydrogen-bond donors (Lipinski definition) is 0. The molecule has 4 heterocycles. The summed E-state index contributed by atoms with van der Waals surface area (Å²) >= 11 is 0. The summed E-state index contributed by atoms with van der Waals surface area (Å²) in [6, 6.07) is 10.5. The maximum atomic E-state index is 13.1. The smallest absolute Gasteiger partial charge is 0.259 e. The summed E-state index contributed by atoms with van der Waals surface area (Å²) in [6.45, 7) is 7.77. The fourth-order valence-electron chi connectivity index (χ4n) is 5.12. The molecule has 156 valence electrons. The van der Waals surface area contributed by atoms with E-state index in [0.29, 0.717) is 30.1 Å². The maximum absolute atomic E-state index is 13.1. The number of likely N-dealkylation sites (tertiary alicyclic amines) is 2. The van der Waals surface area contributed by atoms with Crippen LogP contribution in [0.25, 0.3) is 0 Å². The maximum Gasteiger partial charge on any atom is 0.259 e. The van der Waals surface area contributed by atoms with Gasteiger partial charge in [-0.15, -0.1) is 10.2 Å². The molecule has 2 saturated heterocycles. The van der Waals surface area contributed by atoms with Crippen LogP contribution in [-0.2, 0) is 13.6 Å². The van der Waals surface area contributed by atoms with Crippen molar-refractivity contribution in [2.24, 2.45) is 12.5 Å². The minimum atomic E-state index is -0.00971. The molecule has 1 spiro atoms. The van der Waals surface area contributed by atoms with Gasteiger partial charge in [-0.1, -0.05) is 35.5 Å². The fourth-order valence-corrected chi connectivity index (χ4v) is 5.12. The van der Waals surface area contributed by atoms with Gasteiger partial charge >= 0.3 is 0 Å². The van der Waals surface area contributed by atoms with E-state index in [1.807, 2.05) is 29.5 Å². The van der Waals surface area contributed by atoms with Crippen LogP contribution in [0.3, 0.4) is 0 Å². The fraction of sp³-hybridized carbons (Fsp3) is 0.455. The molecule has 2 aromatic heterocycles. The van der Waals surface area contributed by atoms with E-state index in [-0.39, 0.29) is 17.2 Å². The minimum absolute atomic E-state index is 0.00935. The van der Waals surface area contributed by atoms with Gasteiger partial charge in [0.05, 0.1) is 5.69 Å². The molecule has 8 heteroatoms. The molecule has 2 aliphatic heterocycles. The first-order valence-electron chi connectivity index (χ1n) is 10.3. The van der Waals surface area contributed by atoms with Crippen molar-refractivity contribution in [2.75, 3.05) is 26.2 Å². The van der Waals surface area contributed by atoms with E-state index in [4.69, 9.17) is 4.52 Å². The van der Waals surface area contributed by atoms with Crippen molar-refractivity contribution in [3.05, 3.63) is 65.1 Å². The van der Waals surface area contributed by atoms with Crippen molar-refractivity contribution in [1.29, 1.82) is 0 Å². The molecule has 1 unspecified atom stereocenters. The molecule has 5 rings (SSSR count). The highest BCUT2D eigenvalue weighted by Gasteiger charge is 2.57. The highest BCUT2D eigenvalue weighted by atomic mass is 16.5. The molecule has 2 fully saturated rings. The Morgan fingerprint density at radius 3 is 2.60 bits per heavy atom. The Hall–Kier alpha value is -3.00. The lowest BCUT2D eigenvalue weighted by atomic mass is 9.71. The monoisotopic (exact) mass is 406 g/mol. The first-order valence-corrected chi connectivity index (χ1v) is 10.3. The van der Waals surface area contributed by atoms with Crippen LogP contribution in [0.4, 0.5) is 0 Å². The van der Waals surface area contributed by atoms with Crippen molar-refractivity contribution in [1.82, 2.24) is 29.7 Å². The average molecular weight is 406 g/mol. The summed E-state index contributed by atoms with van der Waals surface area (Å²) in [5.41, 5.74) is 2.54. The van der Waals surface area contributed by atoms with Crippen LogP contribution < -0.4 is 0 Å². The summed E-state index contributed by atoms with van der Waals surface area (Å²) in [6.07, 6.45) is 1.76. The molecular weight excluding hydrogens is 380 g/mol. The third-order valence-electron chi connectivity index (χ3n) is 6.57. The van der Waals surface area contributed by atoms with Crippen LogP contribution >= 0.6 is 0 Å². The average Bonchev–Trinajstić information content (AvgIpc) is 3.38. The molecule has 1 atom stereocenters. The quantitative estimate of drug-likeness (QED) is 0.661. The molecule has 8 nitrogen and oxygen atoms in total. The highest BCUT2D eigenvalue weighted by molar-refractivity contribution is 5.96. The van der Waals surface area contributed by atoms with Crippen molar-refractivity contribution in [2.45, 2.75) is 26.3 Å². The zero-order valence-electron chi connectivity index (χ0n) is 17.6. The van der Waals surface area contributed by atoms with Gasteiger partial charge in [0.25, 0.3) is 5.91 Å². The van der Waals surface area contributed by atoms with E-state index < -0.39 is 0 Å². The van der Waals surface area contributed by atoms with Crippen molar-refractivity contribution in [3.8, 4) is 0 Å². The lowest BCUT2D eigenvalue weighted by Crippen LogP contribution is -2.61. The topological polar surface area (TPSA) is 80.3 Å². The molecule has 0 N–H and O–H groups in total. The number of benzene rings is 1. The van der Waals surface area contributed by atoms with Gasteiger partial charge in [0.2, 0.25) is 0 Å². The van der Waals surface area contributed by atoms with Crippen LogP contribution in [-0.4, -0.2) is 61.8 Å². The van der Waals surface area contributed by atoms with Gasteiger partial charge in [-0.25, -0.2) is 0 Å². The number of hydrogen-bond acceptors (Lipinski definition) is 6. The van der Waals surface area contributed by atoms with Crippen LogP contribution in [0.15, 0.2) is 41.2 Å². The van der Waals surface area contributed by atoms with E-state index >= 15 is 0 Å². The third kappa shape index (κ3) is 3.02. The molecule has 3 aromatic rings. The largest absolute Gasteiger partial charge is 0.361 e. The molecule has 1 amide bonds. The normalized spacial score (nSPS) is 20.6. The van der Waals surface area contributed by atoms with Gasteiger partial charge in [0.1, 0.15) is 23.5 Å². The predicted octanol–water partition coefficient (Wildman–Crippen LogP) is 2.16. The summed E-state index contributed by atoms with van der Waals surface area (Å²) in [5.74, 6) is 1.83. The lowest BCUT2D eigenvalue weighted by molar-refractivity contribution is 0.00124. The van der Waals surface area contributed by atoms with Crippen molar-refractivity contribution < 1.29 is 9.32 Å². The van der Waals surface area contributed by atoms with Crippen LogP contribution in [0.5, 0.6) is 0 Å². The van der Waals surface area contributed by atoms with Gasteiger partial charge in [-0.05, 0) is 19.4 Å². The number of amides is 1. The lowest BCUT2D eigenvalue weighted by Gasteiger charge is -2.50. The standard InChI is InChI=1S/C22H26N6O2/c1-15-19(16(2)30-25-15)21(29)28-12-22(13-28)11-27(9-17-7-5-4-6-8-17)10-18(22)20-24-23-14-26(20)3/h4-8,14,18H,9-13H2,1-3H3. The molecule has 2 aliphatic rings. The Morgan fingerprint density at radius 2 is 1.97 bits per heavy atom. The third-order valence-corrected chi connectivity index (χ3v) is 6.57. The van der Waals surface area contributed by atoms with Crippen LogP contribution in [0.2, 0.25) is 0 Å². The predicted molar refractivity (Wildman–Crippen MR) is 110 cm³/mol. The first-order chi connectivity index (χ1) is 14.5. The molecule has 0 saturated carbocycles. The molecule has 30 heavy (non-hydrogen) atoms. The Balaban J connectivity index is 1.38. The van der Waals surface area contributed by atoms with Gasteiger partial charge in [-0.3, -0.25) is 9.69 Å². The van der Waals surface area contributed by atoms with E-state index in [1.54, 1.807) is 13.3 Å². The number of carbonyl (C=O) groups is 1. The second-order valence-corrected chi connectivity index (χ2v) is 8.73. The van der Waals surface area contributed by atoms with Gasteiger partial charge in [0, 0.05) is 51.1 Å². The Kier molecular flexibility index (Phi) is 4.47. The van der Waals surface area contributed by atoms with E-state index in [9.17, 15) is 4.79 Å². The second-order valence-electron chi connectivity index (χ2n) is 8.73. The SMILES string of the molecule is Cc1noc(C)c1C(=O)N1CC2(CN(Cc3ccccc3)CC2c2nncn2C)C1. The zero-order chi connectivity index (χ0) is 20.9. The van der Waals surface area contributed by atoms with Gasteiger partial charge in [0.15, 0.2) is 0 Å². The summed E-state index contributed by atoms with van der Waals surface area (Å²) in [5, 5.41) is 12.5. The molecule has 0 radical (unpaired) electrons. The number of rotatable bonds is 4. The summed E-state index contributed by atoms with van der Waals surface area (Å²) in [7, 11) is 1.99. The van der Waals surface area contributed by atoms with Gasteiger partial charge < -0.3 is 14.0 Å². The molecule has 0 aliphatic carbocycles. The van der Waals surface area contributed by atoms with Gasteiger partial charge in [-0.2, -0.15) is 0 Å². The molecule has 0 bridgehead atoms. The number of nitrogens with zero attached hydrogens (tertiary/aromatic N) is 6. The second kappa shape index (κ2) is 7.05. The number of aromatic nitrogens is 4. The number of aryl methyl sites for hydroxylation is 3.